The summed E-state index contributed by atoms with van der Waals surface area (Å²) in [6.07, 6.45) is -0.603. The van der Waals surface area contributed by atoms with Gasteiger partial charge in [0.05, 0.1) is 23.5 Å². The van der Waals surface area contributed by atoms with E-state index in [9.17, 15) is 24.6 Å². The number of epoxide rings is 1. The molecule has 2 saturated heterocycles. The monoisotopic (exact) mass is 554 g/mol. The number of carbonyl (C=O) groups is 3. The zero-order valence-corrected chi connectivity index (χ0v) is 23.3. The van der Waals surface area contributed by atoms with Gasteiger partial charge in [-0.15, -0.1) is 11.6 Å². The van der Waals surface area contributed by atoms with Crippen LogP contribution in [-0.4, -0.2) is 75.7 Å². The third kappa shape index (κ3) is 4.49. The second-order valence-electron chi connectivity index (χ2n) is 11.4. The molecule has 9 nitrogen and oxygen atoms in total. The van der Waals surface area contributed by atoms with Crippen molar-refractivity contribution in [2.75, 3.05) is 0 Å². The lowest BCUT2D eigenvalue weighted by Crippen LogP contribution is -2.67. The van der Waals surface area contributed by atoms with Gasteiger partial charge < -0.3 is 29.2 Å². The maximum atomic E-state index is 12.7. The van der Waals surface area contributed by atoms with Crippen molar-refractivity contribution >= 4 is 29.5 Å². The van der Waals surface area contributed by atoms with Gasteiger partial charge in [0.15, 0.2) is 6.10 Å². The first-order valence-corrected chi connectivity index (χ1v) is 13.9. The Labute approximate surface area is 228 Å². The van der Waals surface area contributed by atoms with Gasteiger partial charge in [-0.25, -0.2) is 0 Å². The van der Waals surface area contributed by atoms with E-state index in [1.54, 1.807) is 12.2 Å². The van der Waals surface area contributed by atoms with Crippen LogP contribution < -0.4 is 0 Å². The van der Waals surface area contributed by atoms with Crippen molar-refractivity contribution in [3.05, 3.63) is 24.3 Å². The Hall–Kier alpha value is -1.94. The molecule has 10 heteroatoms. The molecule has 212 valence electrons. The molecule has 4 aliphatic rings. The minimum Gasteiger partial charge on any atom is -0.459 e. The van der Waals surface area contributed by atoms with Crippen molar-refractivity contribution in [3.8, 4) is 0 Å². The van der Waals surface area contributed by atoms with Crippen LogP contribution in [0.2, 0.25) is 0 Å². The van der Waals surface area contributed by atoms with Crippen LogP contribution in [0, 0.1) is 23.2 Å². The zero-order chi connectivity index (χ0) is 28.2. The summed E-state index contributed by atoms with van der Waals surface area (Å²) in [4.78, 5) is 38.0. The van der Waals surface area contributed by atoms with Crippen LogP contribution in [-0.2, 0) is 33.3 Å². The molecule has 3 fully saturated rings. The quantitative estimate of drug-likeness (QED) is 0.220. The van der Waals surface area contributed by atoms with E-state index in [4.69, 9.17) is 30.5 Å². The lowest BCUT2D eigenvalue weighted by atomic mass is 9.54. The van der Waals surface area contributed by atoms with Gasteiger partial charge in [0.25, 0.3) is 0 Å². The molecule has 12 atom stereocenters. The maximum absolute atomic E-state index is 12.7. The largest absolute Gasteiger partial charge is 0.459 e. The van der Waals surface area contributed by atoms with Gasteiger partial charge in [-0.2, -0.15) is 0 Å². The predicted molar refractivity (Wildman–Crippen MR) is 137 cm³/mol. The first-order valence-electron chi connectivity index (χ1n) is 13.5. The molecule has 1 unspecified atom stereocenters. The van der Waals surface area contributed by atoms with Gasteiger partial charge in [0.1, 0.15) is 23.9 Å². The van der Waals surface area contributed by atoms with Crippen LogP contribution >= 0.6 is 11.6 Å². The van der Waals surface area contributed by atoms with E-state index in [1.165, 1.54) is 6.92 Å². The number of allylic oxidation sites excluding steroid dienone is 1. The van der Waals surface area contributed by atoms with Gasteiger partial charge in [-0.05, 0) is 31.4 Å². The van der Waals surface area contributed by atoms with Crippen LogP contribution in [0.5, 0.6) is 0 Å². The van der Waals surface area contributed by atoms with E-state index >= 15 is 0 Å². The fraction of sp³-hybridized carbons (Fsp3) is 0.750. The summed E-state index contributed by atoms with van der Waals surface area (Å²) in [6, 6.07) is 0. The number of esters is 3. The van der Waals surface area contributed by atoms with E-state index in [0.717, 1.165) is 0 Å². The van der Waals surface area contributed by atoms with Gasteiger partial charge in [0, 0.05) is 30.1 Å². The van der Waals surface area contributed by atoms with E-state index < -0.39 is 82.7 Å². The molecule has 0 aromatic carbocycles. The number of halogens is 1. The molecule has 0 amide bonds. The lowest BCUT2D eigenvalue weighted by Gasteiger charge is -2.53. The van der Waals surface area contributed by atoms with Crippen molar-refractivity contribution in [2.24, 2.45) is 23.2 Å². The van der Waals surface area contributed by atoms with Crippen molar-refractivity contribution in [1.29, 1.82) is 0 Å². The second kappa shape index (κ2) is 10.6. The molecule has 2 aliphatic carbocycles. The van der Waals surface area contributed by atoms with Gasteiger partial charge in [-0.1, -0.05) is 40.3 Å². The summed E-state index contributed by atoms with van der Waals surface area (Å²) in [5.74, 6) is -4.02. The number of aliphatic hydroxyl groups is 2. The van der Waals surface area contributed by atoms with Gasteiger partial charge in [-0.3, -0.25) is 14.4 Å². The summed E-state index contributed by atoms with van der Waals surface area (Å²) in [5, 5.41) is 23.1. The highest BCUT2D eigenvalue weighted by molar-refractivity contribution is 6.23. The standard InChI is InChI=1S/C28H39ClO9/c1-7-9-17(30)35-16-12-11-13(3)20(29)24-28(34,15(5)26(33)38-24)23(32)19-14(4)21(36-18(31)10-8-2)22-25(37-22)27(16,19)6/h11-12,14-16,19-25,32,34H,3,7-10H2,1-2,4-6H3/b12-11+/t14-,15+,16+,19-,20?,21+,22+,23+,24+,25+,27-,28-/m1/s1. The molecule has 1 saturated carbocycles. The zero-order valence-electron chi connectivity index (χ0n) is 22.6. The van der Waals surface area contributed by atoms with Crippen LogP contribution in [0.1, 0.15) is 60.3 Å². The van der Waals surface area contributed by atoms with Crippen LogP contribution in [0.25, 0.3) is 0 Å². The topological polar surface area (TPSA) is 132 Å². The SMILES string of the molecule is C=C1/C=C/[C@H](OC(=O)CCC)[C@]2(C)[C@H]([C@@H](C)[C@H](OC(=O)CCC)[C@@H]3O[C@@H]32)[C@H](O)[C@]2(O)[C@@H](C)C(=O)O[C@H]2C1Cl. The summed E-state index contributed by atoms with van der Waals surface area (Å²) in [7, 11) is 0. The minimum absolute atomic E-state index is 0.194. The number of aliphatic hydroxyl groups excluding tert-OH is 1. The molecule has 2 N–H and O–H groups in total. The highest BCUT2D eigenvalue weighted by Crippen LogP contribution is 2.61. The molecule has 2 heterocycles. The molecule has 38 heavy (non-hydrogen) atoms. The van der Waals surface area contributed by atoms with Crippen molar-refractivity contribution in [2.45, 2.75) is 108 Å². The highest BCUT2D eigenvalue weighted by atomic mass is 35.5. The molecular formula is C28H39ClO9. The third-order valence-corrected chi connectivity index (χ3v) is 9.49. The lowest BCUT2D eigenvalue weighted by molar-refractivity contribution is -0.208. The van der Waals surface area contributed by atoms with Crippen LogP contribution in [0.4, 0.5) is 0 Å². The Balaban J connectivity index is 1.86. The fourth-order valence-electron chi connectivity index (χ4n) is 6.74. The highest BCUT2D eigenvalue weighted by Gasteiger charge is 2.74. The number of fused-ring (bicyclic) bond motifs is 4. The second-order valence-corrected chi connectivity index (χ2v) is 11.9. The number of ether oxygens (including phenoxy) is 4. The van der Waals surface area contributed by atoms with E-state index in [2.05, 4.69) is 6.58 Å². The van der Waals surface area contributed by atoms with Crippen molar-refractivity contribution in [1.82, 2.24) is 0 Å². The molecule has 0 bridgehead atoms. The van der Waals surface area contributed by atoms with E-state index in [-0.39, 0.29) is 18.8 Å². The Morgan fingerprint density at radius 2 is 1.74 bits per heavy atom. The number of rotatable bonds is 6. The maximum Gasteiger partial charge on any atom is 0.312 e. The first kappa shape index (κ1) is 29.1. The smallest absolute Gasteiger partial charge is 0.312 e. The number of alkyl halides is 1. The Kier molecular flexibility index (Phi) is 8.07. The summed E-state index contributed by atoms with van der Waals surface area (Å²) in [6.45, 7) is 12.9. The fourth-order valence-corrected chi connectivity index (χ4v) is 7.07. The molecule has 0 radical (unpaired) electrons. The molecule has 0 aromatic heterocycles. The first-order chi connectivity index (χ1) is 17.8. The van der Waals surface area contributed by atoms with Crippen molar-refractivity contribution < 1.29 is 43.5 Å². The summed E-state index contributed by atoms with van der Waals surface area (Å²) in [5.41, 5.74) is -2.84. The molecular weight excluding hydrogens is 516 g/mol. The van der Waals surface area contributed by atoms with Crippen LogP contribution in [0.15, 0.2) is 24.3 Å². The Bertz CT molecular complexity index is 1010. The van der Waals surface area contributed by atoms with E-state index in [0.29, 0.717) is 18.4 Å². The number of hydrogen-bond acceptors (Lipinski definition) is 9. The summed E-state index contributed by atoms with van der Waals surface area (Å²) < 4.78 is 23.4. The van der Waals surface area contributed by atoms with Gasteiger partial charge in [0.2, 0.25) is 0 Å². The molecule has 0 spiro atoms. The minimum atomic E-state index is -2.10. The molecule has 0 aromatic rings. The molecule has 4 rings (SSSR count). The number of hydrogen-bond donors (Lipinski definition) is 2. The van der Waals surface area contributed by atoms with Crippen molar-refractivity contribution in [3.63, 3.8) is 0 Å². The predicted octanol–water partition coefficient (Wildman–Crippen LogP) is 2.84. The van der Waals surface area contributed by atoms with E-state index in [1.807, 2.05) is 27.7 Å². The average Bonchev–Trinajstić information content (AvgIpc) is 3.63. The van der Waals surface area contributed by atoms with Crippen LogP contribution in [0.3, 0.4) is 0 Å². The number of carbonyl (C=O) groups excluding carboxylic acids is 3. The molecule has 2 aliphatic heterocycles. The van der Waals surface area contributed by atoms with Gasteiger partial charge >= 0.3 is 17.9 Å². The summed E-state index contributed by atoms with van der Waals surface area (Å²) >= 11 is 6.67. The average molecular weight is 555 g/mol. The normalized spacial score (nSPS) is 46.6. The Morgan fingerprint density at radius 1 is 1.13 bits per heavy atom. The third-order valence-electron chi connectivity index (χ3n) is 8.98. The Morgan fingerprint density at radius 3 is 2.34 bits per heavy atom.